The summed E-state index contributed by atoms with van der Waals surface area (Å²) in [7, 11) is -3.72. The van der Waals surface area contributed by atoms with Gasteiger partial charge in [0.2, 0.25) is 0 Å². The number of halogens is 1. The van der Waals surface area contributed by atoms with Crippen LogP contribution >= 0.6 is 23.8 Å². The van der Waals surface area contributed by atoms with E-state index in [1.54, 1.807) is 19.1 Å². The zero-order chi connectivity index (χ0) is 12.3. The number of hydrazine groups is 1. The van der Waals surface area contributed by atoms with Crippen LogP contribution in [0.25, 0.3) is 0 Å². The van der Waals surface area contributed by atoms with E-state index in [1.807, 2.05) is 4.83 Å². The van der Waals surface area contributed by atoms with Gasteiger partial charge in [-0.3, -0.25) is 5.43 Å². The van der Waals surface area contributed by atoms with Crippen molar-refractivity contribution in [3.05, 3.63) is 28.8 Å². The summed E-state index contributed by atoms with van der Waals surface area (Å²) >= 11 is 10.3. The third kappa shape index (κ3) is 3.05. The second-order valence-corrected chi connectivity index (χ2v) is 5.46. The summed E-state index contributed by atoms with van der Waals surface area (Å²) in [4.78, 5) is 2.11. The predicted octanol–water partition coefficient (Wildman–Crippen LogP) is 0.675. The van der Waals surface area contributed by atoms with Crippen molar-refractivity contribution in [2.45, 2.75) is 11.8 Å². The van der Waals surface area contributed by atoms with Crippen molar-refractivity contribution in [1.29, 1.82) is 0 Å². The van der Waals surface area contributed by atoms with Crippen LogP contribution in [-0.2, 0) is 10.0 Å². The van der Waals surface area contributed by atoms with Gasteiger partial charge < -0.3 is 5.73 Å². The Morgan fingerprint density at radius 2 is 2.12 bits per heavy atom. The highest BCUT2D eigenvalue weighted by Crippen LogP contribution is 2.22. The van der Waals surface area contributed by atoms with E-state index in [4.69, 9.17) is 17.3 Å². The number of rotatable bonds is 3. The fourth-order valence-electron chi connectivity index (χ4n) is 1.05. The Morgan fingerprint density at radius 3 is 2.69 bits per heavy atom. The number of hydrogen-bond donors (Lipinski definition) is 3. The molecule has 1 aromatic rings. The molecule has 1 aromatic carbocycles. The maximum Gasteiger partial charge on any atom is 0.257 e. The molecule has 5 nitrogen and oxygen atoms in total. The summed E-state index contributed by atoms with van der Waals surface area (Å²) in [5.74, 6) is 0. The summed E-state index contributed by atoms with van der Waals surface area (Å²) in [5.41, 5.74) is 7.73. The van der Waals surface area contributed by atoms with Gasteiger partial charge in [-0.05, 0) is 36.8 Å². The van der Waals surface area contributed by atoms with E-state index in [0.29, 0.717) is 10.6 Å². The lowest BCUT2D eigenvalue weighted by molar-refractivity contribution is 0.577. The molecule has 0 atom stereocenters. The second-order valence-electron chi connectivity index (χ2n) is 2.96. The quantitative estimate of drug-likeness (QED) is 0.560. The van der Waals surface area contributed by atoms with E-state index < -0.39 is 10.0 Å². The Kier molecular flexibility index (Phi) is 4.09. The maximum absolute atomic E-state index is 11.8. The number of hydrogen-bond acceptors (Lipinski definition) is 3. The number of sulfonamides is 1. The lowest BCUT2D eigenvalue weighted by Gasteiger charge is -2.10. The lowest BCUT2D eigenvalue weighted by Crippen LogP contribution is -2.44. The molecule has 0 heterocycles. The zero-order valence-electron chi connectivity index (χ0n) is 8.32. The first-order valence-corrected chi connectivity index (χ1v) is 6.44. The molecule has 88 valence electrons. The van der Waals surface area contributed by atoms with Gasteiger partial charge in [-0.25, -0.2) is 8.42 Å². The molecule has 0 radical (unpaired) electrons. The predicted molar refractivity (Wildman–Crippen MR) is 66.4 cm³/mol. The molecule has 0 saturated carbocycles. The fraction of sp³-hybridized carbons (Fsp3) is 0.125. The Bertz CT molecular complexity index is 516. The molecule has 0 aliphatic carbocycles. The standard InChI is InChI=1S/C8H10ClN3O2S2/c1-5-6(9)3-2-4-7(5)16(13,14)12-11-8(10)15/h2-4,12H,1H3,(H3,10,11,15). The fourth-order valence-corrected chi connectivity index (χ4v) is 2.52. The van der Waals surface area contributed by atoms with Crippen molar-refractivity contribution in [3.8, 4) is 0 Å². The van der Waals surface area contributed by atoms with Crippen LogP contribution in [0.15, 0.2) is 23.1 Å². The van der Waals surface area contributed by atoms with Crippen LogP contribution in [0.3, 0.4) is 0 Å². The first kappa shape index (κ1) is 13.2. The van der Waals surface area contributed by atoms with Crippen LogP contribution in [0.4, 0.5) is 0 Å². The molecule has 0 unspecified atom stereocenters. The summed E-state index contributed by atoms with van der Waals surface area (Å²) < 4.78 is 23.5. The molecule has 0 aromatic heterocycles. The number of benzene rings is 1. The lowest BCUT2D eigenvalue weighted by atomic mass is 10.2. The Hall–Kier alpha value is -0.890. The number of nitrogens with one attached hydrogen (secondary N) is 2. The summed E-state index contributed by atoms with van der Waals surface area (Å²) in [6.45, 7) is 1.61. The minimum atomic E-state index is -3.72. The van der Waals surface area contributed by atoms with Gasteiger partial charge in [-0.15, -0.1) is 4.83 Å². The summed E-state index contributed by atoms with van der Waals surface area (Å²) in [6, 6.07) is 4.59. The molecule has 0 spiro atoms. The number of thiocarbonyl (C=S) groups is 1. The van der Waals surface area contributed by atoms with Gasteiger partial charge in [0.15, 0.2) is 5.11 Å². The van der Waals surface area contributed by atoms with Crippen LogP contribution in [0.5, 0.6) is 0 Å². The highest BCUT2D eigenvalue weighted by Gasteiger charge is 2.17. The van der Waals surface area contributed by atoms with Crippen molar-refractivity contribution in [3.63, 3.8) is 0 Å². The van der Waals surface area contributed by atoms with Gasteiger partial charge in [-0.2, -0.15) is 0 Å². The molecule has 1 rings (SSSR count). The van der Waals surface area contributed by atoms with E-state index in [-0.39, 0.29) is 10.0 Å². The van der Waals surface area contributed by atoms with Crippen molar-refractivity contribution in [2.75, 3.05) is 0 Å². The van der Waals surface area contributed by atoms with Crippen LogP contribution in [0.1, 0.15) is 5.56 Å². The summed E-state index contributed by atoms with van der Waals surface area (Å²) in [6.07, 6.45) is 0. The molecule has 8 heteroatoms. The minimum Gasteiger partial charge on any atom is -0.375 e. The van der Waals surface area contributed by atoms with E-state index in [0.717, 1.165) is 0 Å². The first-order chi connectivity index (χ1) is 7.34. The Morgan fingerprint density at radius 1 is 1.50 bits per heavy atom. The second kappa shape index (κ2) is 4.96. The summed E-state index contributed by atoms with van der Waals surface area (Å²) in [5, 5.41) is 0.210. The molecular weight excluding hydrogens is 270 g/mol. The van der Waals surface area contributed by atoms with Crippen LogP contribution in [0.2, 0.25) is 5.02 Å². The zero-order valence-corrected chi connectivity index (χ0v) is 10.7. The average Bonchev–Trinajstić information content (AvgIpc) is 2.19. The molecule has 4 N–H and O–H groups in total. The highest BCUT2D eigenvalue weighted by atomic mass is 35.5. The monoisotopic (exact) mass is 279 g/mol. The molecular formula is C8H10ClN3O2S2. The largest absolute Gasteiger partial charge is 0.375 e. The Balaban J connectivity index is 3.08. The first-order valence-electron chi connectivity index (χ1n) is 4.17. The third-order valence-corrected chi connectivity index (χ3v) is 3.72. The molecule has 0 fully saturated rings. The molecule has 0 aliphatic rings. The van der Waals surface area contributed by atoms with Gasteiger partial charge in [-0.1, -0.05) is 17.7 Å². The van der Waals surface area contributed by atoms with Crippen molar-refractivity contribution in [1.82, 2.24) is 10.3 Å². The van der Waals surface area contributed by atoms with Gasteiger partial charge in [0, 0.05) is 5.02 Å². The molecule has 16 heavy (non-hydrogen) atoms. The topological polar surface area (TPSA) is 84.2 Å². The van der Waals surface area contributed by atoms with Crippen molar-refractivity contribution >= 4 is 39.0 Å². The van der Waals surface area contributed by atoms with Gasteiger partial charge >= 0.3 is 0 Å². The minimum absolute atomic E-state index is 0.0729. The van der Waals surface area contributed by atoms with Gasteiger partial charge in [0.1, 0.15) is 0 Å². The Labute approximate surface area is 104 Å². The van der Waals surface area contributed by atoms with Crippen molar-refractivity contribution < 1.29 is 8.42 Å². The normalized spacial score (nSPS) is 11.1. The van der Waals surface area contributed by atoms with E-state index >= 15 is 0 Å². The SMILES string of the molecule is Cc1c(Cl)cccc1S(=O)(=O)NNC(N)=S. The van der Waals surface area contributed by atoms with E-state index in [1.165, 1.54) is 6.07 Å². The maximum atomic E-state index is 11.8. The third-order valence-electron chi connectivity index (χ3n) is 1.82. The number of nitrogens with two attached hydrogens (primary N) is 1. The smallest absolute Gasteiger partial charge is 0.257 e. The van der Waals surface area contributed by atoms with Crippen molar-refractivity contribution in [2.24, 2.45) is 5.73 Å². The van der Waals surface area contributed by atoms with Crippen LogP contribution in [-0.4, -0.2) is 13.5 Å². The molecule has 0 aliphatic heterocycles. The van der Waals surface area contributed by atoms with Gasteiger partial charge in [0.05, 0.1) is 4.90 Å². The van der Waals surface area contributed by atoms with Crippen LogP contribution in [0, 0.1) is 6.92 Å². The molecule has 0 saturated heterocycles. The van der Waals surface area contributed by atoms with E-state index in [9.17, 15) is 8.42 Å². The van der Waals surface area contributed by atoms with E-state index in [2.05, 4.69) is 17.6 Å². The highest BCUT2D eigenvalue weighted by molar-refractivity contribution is 7.89. The molecule has 0 amide bonds. The van der Waals surface area contributed by atoms with Crippen LogP contribution < -0.4 is 16.0 Å². The van der Waals surface area contributed by atoms with Gasteiger partial charge in [0.25, 0.3) is 10.0 Å². The molecule has 0 bridgehead atoms. The average molecular weight is 280 g/mol.